The summed E-state index contributed by atoms with van der Waals surface area (Å²) in [4.78, 5) is 22.6. The highest BCUT2D eigenvalue weighted by molar-refractivity contribution is 6.07. The summed E-state index contributed by atoms with van der Waals surface area (Å²) in [5, 5.41) is 0. The first-order valence-corrected chi connectivity index (χ1v) is 4.42. The molecular weight excluding hydrogens is 245 g/mol. The lowest BCUT2D eigenvalue weighted by molar-refractivity contribution is -0.349. The molecule has 0 fully saturated rings. The summed E-state index contributed by atoms with van der Waals surface area (Å²) >= 11 is 0. The van der Waals surface area contributed by atoms with E-state index in [4.69, 9.17) is 0 Å². The molecule has 1 unspecified atom stereocenters. The highest BCUT2D eigenvalue weighted by atomic mass is 19.4. The minimum atomic E-state index is -4.67. The number of rotatable bonds is 3. The van der Waals surface area contributed by atoms with Gasteiger partial charge in [-0.05, 0) is 6.92 Å². The van der Waals surface area contributed by atoms with Crippen molar-refractivity contribution < 1.29 is 37.0 Å². The smallest absolute Gasteiger partial charge is 0.398 e. The first-order valence-electron chi connectivity index (χ1n) is 4.42. The molecule has 17 heavy (non-hydrogen) atoms. The molecule has 0 spiro atoms. The maximum Gasteiger partial charge on any atom is 0.412 e. The van der Waals surface area contributed by atoms with Gasteiger partial charge in [0, 0.05) is 18.8 Å². The SMILES string of the molecule is COC1(OCC(F)(F)F)OC(=O)C=C(C)C1=O. The Bertz CT molecular complexity index is 373. The molecule has 1 aliphatic heterocycles. The van der Waals surface area contributed by atoms with Crippen molar-refractivity contribution in [2.75, 3.05) is 13.7 Å². The van der Waals surface area contributed by atoms with Crippen LogP contribution in [0.4, 0.5) is 13.2 Å². The molecule has 1 rings (SSSR count). The summed E-state index contributed by atoms with van der Waals surface area (Å²) in [6.45, 7) is -0.527. The quantitative estimate of drug-likeness (QED) is 0.554. The van der Waals surface area contributed by atoms with Crippen LogP contribution in [0, 0.1) is 0 Å². The molecule has 1 aliphatic rings. The van der Waals surface area contributed by atoms with Crippen molar-refractivity contribution in [3.05, 3.63) is 11.6 Å². The van der Waals surface area contributed by atoms with Crippen molar-refractivity contribution in [1.82, 2.24) is 0 Å². The van der Waals surface area contributed by atoms with Crippen molar-refractivity contribution in [2.24, 2.45) is 0 Å². The fourth-order valence-corrected chi connectivity index (χ4v) is 1.16. The zero-order valence-electron chi connectivity index (χ0n) is 8.96. The Hall–Kier alpha value is -1.41. The van der Waals surface area contributed by atoms with E-state index in [2.05, 4.69) is 14.2 Å². The number of halogens is 3. The van der Waals surface area contributed by atoms with Crippen LogP contribution >= 0.6 is 0 Å². The minimum Gasteiger partial charge on any atom is -0.398 e. The van der Waals surface area contributed by atoms with Crippen molar-refractivity contribution in [3.63, 3.8) is 0 Å². The van der Waals surface area contributed by atoms with Gasteiger partial charge in [0.25, 0.3) is 5.78 Å². The zero-order valence-corrected chi connectivity index (χ0v) is 8.96. The number of hydrogen-bond donors (Lipinski definition) is 0. The molecule has 0 amide bonds. The van der Waals surface area contributed by atoms with E-state index in [1.165, 1.54) is 6.92 Å². The molecule has 8 heteroatoms. The molecule has 0 radical (unpaired) electrons. The van der Waals surface area contributed by atoms with Gasteiger partial charge in [-0.3, -0.25) is 4.79 Å². The molecule has 0 aromatic rings. The van der Waals surface area contributed by atoms with Crippen LogP contribution in [0.25, 0.3) is 0 Å². The van der Waals surface area contributed by atoms with Gasteiger partial charge in [0.05, 0.1) is 0 Å². The molecule has 1 heterocycles. The van der Waals surface area contributed by atoms with E-state index in [0.29, 0.717) is 0 Å². The van der Waals surface area contributed by atoms with Crippen LogP contribution in [0.2, 0.25) is 0 Å². The molecule has 0 N–H and O–H groups in total. The first kappa shape index (κ1) is 13.7. The molecule has 5 nitrogen and oxygen atoms in total. The van der Waals surface area contributed by atoms with Gasteiger partial charge < -0.3 is 14.2 Å². The van der Waals surface area contributed by atoms with E-state index < -0.39 is 30.5 Å². The predicted octanol–water partition coefficient (Wildman–Crippen LogP) is 0.938. The Morgan fingerprint density at radius 2 is 2.00 bits per heavy atom. The van der Waals surface area contributed by atoms with E-state index in [0.717, 1.165) is 13.2 Å². The maximum absolute atomic E-state index is 12.0. The van der Waals surface area contributed by atoms with Crippen molar-refractivity contribution in [1.29, 1.82) is 0 Å². The summed E-state index contributed by atoms with van der Waals surface area (Å²) < 4.78 is 49.1. The standard InChI is InChI=1S/C9H9F3O5/c1-5-3-6(13)17-9(15-2,7(5)14)16-4-8(10,11)12/h3H,4H2,1-2H3. The number of Topliss-reactive ketones (excluding diaryl/α,β-unsaturated/α-hetero) is 1. The Morgan fingerprint density at radius 1 is 1.41 bits per heavy atom. The Labute approximate surface area is 94.1 Å². The van der Waals surface area contributed by atoms with Crippen LogP contribution in [-0.4, -0.2) is 37.6 Å². The van der Waals surface area contributed by atoms with Gasteiger partial charge in [0.15, 0.2) is 0 Å². The fraction of sp³-hybridized carbons (Fsp3) is 0.556. The summed E-state index contributed by atoms with van der Waals surface area (Å²) in [7, 11) is 0.903. The van der Waals surface area contributed by atoms with Crippen LogP contribution in [0.5, 0.6) is 0 Å². The third-order valence-electron chi connectivity index (χ3n) is 1.90. The molecule has 0 saturated carbocycles. The maximum atomic E-state index is 12.0. The fourth-order valence-electron chi connectivity index (χ4n) is 1.16. The number of ether oxygens (including phenoxy) is 3. The number of carbonyl (C=O) groups is 2. The van der Waals surface area contributed by atoms with Crippen molar-refractivity contribution >= 4 is 11.8 Å². The summed E-state index contributed by atoms with van der Waals surface area (Å²) in [6, 6.07) is 0. The largest absolute Gasteiger partial charge is 0.412 e. The van der Waals surface area contributed by atoms with Gasteiger partial charge in [-0.15, -0.1) is 0 Å². The number of cyclic esters (lactones) is 1. The molecule has 1 atom stereocenters. The number of methoxy groups -OCH3 is 1. The number of carbonyl (C=O) groups excluding carboxylic acids is 2. The lowest BCUT2D eigenvalue weighted by Crippen LogP contribution is -2.51. The van der Waals surface area contributed by atoms with E-state index >= 15 is 0 Å². The summed E-state index contributed by atoms with van der Waals surface area (Å²) in [5.41, 5.74) is -0.106. The average molecular weight is 254 g/mol. The molecule has 0 saturated heterocycles. The van der Waals surface area contributed by atoms with Crippen molar-refractivity contribution in [2.45, 2.75) is 19.1 Å². The van der Waals surface area contributed by atoms with Crippen LogP contribution in [0.15, 0.2) is 11.6 Å². The van der Waals surface area contributed by atoms with Gasteiger partial charge in [0.2, 0.25) is 0 Å². The summed E-state index contributed by atoms with van der Waals surface area (Å²) in [6.07, 6.45) is -3.83. The number of ketones is 1. The molecule has 0 aliphatic carbocycles. The van der Waals surface area contributed by atoms with Crippen molar-refractivity contribution in [3.8, 4) is 0 Å². The van der Waals surface area contributed by atoms with E-state index in [1.807, 2.05) is 0 Å². The lowest BCUT2D eigenvalue weighted by Gasteiger charge is -2.31. The average Bonchev–Trinajstić information content (AvgIpc) is 2.20. The van der Waals surface area contributed by atoms with E-state index in [1.54, 1.807) is 0 Å². The second kappa shape index (κ2) is 4.46. The van der Waals surface area contributed by atoms with Crippen LogP contribution in [0.3, 0.4) is 0 Å². The van der Waals surface area contributed by atoms with E-state index in [-0.39, 0.29) is 5.57 Å². The van der Waals surface area contributed by atoms with Gasteiger partial charge >= 0.3 is 18.1 Å². The van der Waals surface area contributed by atoms with Gasteiger partial charge in [-0.2, -0.15) is 13.2 Å². The third-order valence-corrected chi connectivity index (χ3v) is 1.90. The number of alkyl halides is 3. The lowest BCUT2D eigenvalue weighted by atomic mass is 10.1. The second-order valence-electron chi connectivity index (χ2n) is 3.24. The molecular formula is C9H9F3O5. The topological polar surface area (TPSA) is 61.8 Å². The monoisotopic (exact) mass is 254 g/mol. The van der Waals surface area contributed by atoms with E-state index in [9.17, 15) is 22.8 Å². The Balaban J connectivity index is 2.92. The summed E-state index contributed by atoms with van der Waals surface area (Å²) in [5.74, 6) is -4.64. The van der Waals surface area contributed by atoms with Gasteiger partial charge in [-0.1, -0.05) is 0 Å². The minimum absolute atomic E-state index is 0.106. The normalized spacial score (nSPS) is 25.6. The molecule has 0 bridgehead atoms. The predicted molar refractivity (Wildman–Crippen MR) is 46.6 cm³/mol. The number of hydrogen-bond acceptors (Lipinski definition) is 5. The Morgan fingerprint density at radius 3 is 2.47 bits per heavy atom. The van der Waals surface area contributed by atoms with Crippen LogP contribution < -0.4 is 0 Å². The highest BCUT2D eigenvalue weighted by Gasteiger charge is 2.50. The molecule has 0 aromatic carbocycles. The molecule has 96 valence electrons. The van der Waals surface area contributed by atoms with Crippen LogP contribution in [-0.2, 0) is 23.8 Å². The van der Waals surface area contributed by atoms with Gasteiger partial charge in [-0.25, -0.2) is 4.79 Å². The molecule has 0 aromatic heterocycles. The number of esters is 1. The zero-order chi connectivity index (χ0) is 13.3. The highest BCUT2D eigenvalue weighted by Crippen LogP contribution is 2.27. The first-order chi connectivity index (χ1) is 7.70. The van der Waals surface area contributed by atoms with Crippen LogP contribution in [0.1, 0.15) is 6.92 Å². The van der Waals surface area contributed by atoms with Gasteiger partial charge in [0.1, 0.15) is 6.61 Å². The Kier molecular flexibility index (Phi) is 3.58. The second-order valence-corrected chi connectivity index (χ2v) is 3.24. The third kappa shape index (κ3) is 3.04.